The molecule has 110 valence electrons. The Hall–Kier alpha value is -1.03. The molecule has 4 heteroatoms. The molecule has 1 saturated carbocycles. The van der Waals surface area contributed by atoms with Crippen LogP contribution in [0, 0.1) is 12.8 Å². The molecule has 0 bridgehead atoms. The van der Waals surface area contributed by atoms with Crippen LogP contribution in [0.5, 0.6) is 5.75 Å². The number of aromatic hydroxyl groups is 1. The number of nitrogens with one attached hydrogen (secondary N) is 1. The third-order valence-corrected chi connectivity index (χ3v) is 5.25. The first kappa shape index (κ1) is 15.4. The Labute approximate surface area is 128 Å². The topological polar surface area (TPSA) is 49.3 Å². The fraction of sp³-hybridized carbons (Fsp3) is 0.562. The van der Waals surface area contributed by atoms with E-state index in [0.717, 1.165) is 30.2 Å². The zero-order chi connectivity index (χ0) is 14.8. The highest BCUT2D eigenvalue weighted by Crippen LogP contribution is 2.34. The van der Waals surface area contributed by atoms with Crippen molar-refractivity contribution in [1.82, 2.24) is 5.32 Å². The van der Waals surface area contributed by atoms with E-state index in [9.17, 15) is 9.90 Å². The van der Waals surface area contributed by atoms with E-state index in [1.54, 1.807) is 18.2 Å². The third-order valence-electron chi connectivity index (χ3n) is 4.18. The van der Waals surface area contributed by atoms with E-state index >= 15 is 0 Å². The number of benzene rings is 1. The van der Waals surface area contributed by atoms with Gasteiger partial charge in [0.1, 0.15) is 5.75 Å². The largest absolute Gasteiger partial charge is 0.508 e. The van der Waals surface area contributed by atoms with E-state index in [4.69, 9.17) is 0 Å². The molecule has 0 heterocycles. The molecule has 0 spiro atoms. The second kappa shape index (κ2) is 6.17. The Kier molecular flexibility index (Phi) is 4.74. The zero-order valence-corrected chi connectivity index (χ0v) is 13.7. The third kappa shape index (κ3) is 3.35. The maximum atomic E-state index is 12.5. The Bertz CT molecular complexity index is 503. The summed E-state index contributed by atoms with van der Waals surface area (Å²) >= 11 is 3.57. The number of hydrogen-bond donors (Lipinski definition) is 2. The van der Waals surface area contributed by atoms with Gasteiger partial charge < -0.3 is 10.4 Å². The Balaban J connectivity index is 2.16. The number of carbonyl (C=O) groups is 1. The van der Waals surface area contributed by atoms with E-state index in [0.29, 0.717) is 11.5 Å². The van der Waals surface area contributed by atoms with Crippen molar-refractivity contribution in [2.24, 2.45) is 5.92 Å². The highest BCUT2D eigenvalue weighted by atomic mass is 79.9. The average Bonchev–Trinajstić information content (AvgIpc) is 2.38. The van der Waals surface area contributed by atoms with Crippen molar-refractivity contribution in [3.63, 3.8) is 0 Å². The van der Waals surface area contributed by atoms with Crippen LogP contribution in [0.4, 0.5) is 0 Å². The number of phenolic OH excluding ortho intramolecular Hbond substituents is 1. The van der Waals surface area contributed by atoms with E-state index in [2.05, 4.69) is 28.2 Å². The van der Waals surface area contributed by atoms with Crippen molar-refractivity contribution in [2.75, 3.05) is 5.33 Å². The van der Waals surface area contributed by atoms with Crippen LogP contribution in [0.15, 0.2) is 18.2 Å². The summed E-state index contributed by atoms with van der Waals surface area (Å²) in [6.07, 6.45) is 4.43. The smallest absolute Gasteiger partial charge is 0.252 e. The lowest BCUT2D eigenvalue weighted by Crippen LogP contribution is -2.52. The predicted molar refractivity (Wildman–Crippen MR) is 84.5 cm³/mol. The first-order valence-electron chi connectivity index (χ1n) is 7.14. The fourth-order valence-electron chi connectivity index (χ4n) is 3.14. The minimum atomic E-state index is -0.140. The summed E-state index contributed by atoms with van der Waals surface area (Å²) in [5.41, 5.74) is 1.30. The molecule has 1 fully saturated rings. The van der Waals surface area contributed by atoms with Crippen LogP contribution in [0.2, 0.25) is 0 Å². The molecular formula is C16H22BrNO2. The van der Waals surface area contributed by atoms with Crippen LogP contribution in [0.3, 0.4) is 0 Å². The standard InChI is InChI=1S/C16H22BrNO2/c1-11-4-3-7-16(9-11,10-17)18-15(20)14-6-5-13(19)8-12(14)2/h5-6,8,11,19H,3-4,7,9-10H2,1-2H3,(H,18,20). The van der Waals surface area contributed by atoms with E-state index < -0.39 is 0 Å². The summed E-state index contributed by atoms with van der Waals surface area (Å²) in [4.78, 5) is 12.5. The minimum absolute atomic E-state index is 0.0453. The monoisotopic (exact) mass is 339 g/mol. The highest BCUT2D eigenvalue weighted by Gasteiger charge is 2.35. The zero-order valence-electron chi connectivity index (χ0n) is 12.1. The molecule has 1 aliphatic rings. The summed E-state index contributed by atoms with van der Waals surface area (Å²) in [6.45, 7) is 4.09. The molecule has 1 aliphatic carbocycles. The molecule has 3 nitrogen and oxygen atoms in total. The van der Waals surface area contributed by atoms with Crippen LogP contribution >= 0.6 is 15.9 Å². The predicted octanol–water partition coefficient (Wildman–Crippen LogP) is 3.77. The van der Waals surface area contributed by atoms with Gasteiger partial charge in [0.05, 0.1) is 5.54 Å². The Morgan fingerprint density at radius 1 is 1.55 bits per heavy atom. The van der Waals surface area contributed by atoms with E-state index in [1.165, 1.54) is 6.42 Å². The number of alkyl halides is 1. The number of halogens is 1. The number of phenols is 1. The van der Waals surface area contributed by atoms with Crippen molar-refractivity contribution in [3.8, 4) is 5.75 Å². The fourth-order valence-corrected chi connectivity index (χ4v) is 3.79. The van der Waals surface area contributed by atoms with Gasteiger partial charge in [-0.05, 0) is 49.4 Å². The van der Waals surface area contributed by atoms with Crippen LogP contribution in [-0.2, 0) is 0 Å². The number of rotatable bonds is 3. The molecule has 2 N–H and O–H groups in total. The maximum Gasteiger partial charge on any atom is 0.252 e. The van der Waals surface area contributed by atoms with Gasteiger partial charge in [0, 0.05) is 10.9 Å². The normalized spacial score (nSPS) is 26.2. The lowest BCUT2D eigenvalue weighted by Gasteiger charge is -2.39. The Morgan fingerprint density at radius 2 is 2.30 bits per heavy atom. The van der Waals surface area contributed by atoms with Crippen molar-refractivity contribution in [2.45, 2.75) is 45.1 Å². The summed E-state index contributed by atoms with van der Waals surface area (Å²) in [5, 5.41) is 13.4. The molecule has 1 aromatic carbocycles. The van der Waals surface area contributed by atoms with Gasteiger partial charge in [0.2, 0.25) is 0 Å². The van der Waals surface area contributed by atoms with Gasteiger partial charge in [-0.15, -0.1) is 0 Å². The number of aryl methyl sites for hydroxylation is 1. The molecule has 2 atom stereocenters. The summed E-state index contributed by atoms with van der Waals surface area (Å²) in [6, 6.07) is 4.87. The summed E-state index contributed by atoms with van der Waals surface area (Å²) in [5.74, 6) is 0.791. The first-order chi connectivity index (χ1) is 9.46. The van der Waals surface area contributed by atoms with Gasteiger partial charge in [0.25, 0.3) is 5.91 Å². The van der Waals surface area contributed by atoms with Gasteiger partial charge in [-0.2, -0.15) is 0 Å². The summed E-state index contributed by atoms with van der Waals surface area (Å²) in [7, 11) is 0. The quantitative estimate of drug-likeness (QED) is 0.823. The molecule has 20 heavy (non-hydrogen) atoms. The van der Waals surface area contributed by atoms with Gasteiger partial charge in [-0.1, -0.05) is 35.7 Å². The number of carbonyl (C=O) groups excluding carboxylic acids is 1. The molecule has 0 aromatic heterocycles. The van der Waals surface area contributed by atoms with Gasteiger partial charge >= 0.3 is 0 Å². The highest BCUT2D eigenvalue weighted by molar-refractivity contribution is 9.09. The van der Waals surface area contributed by atoms with Crippen LogP contribution < -0.4 is 5.32 Å². The van der Waals surface area contributed by atoms with Gasteiger partial charge in [-0.25, -0.2) is 0 Å². The lowest BCUT2D eigenvalue weighted by atomic mass is 9.77. The molecule has 2 unspecified atom stereocenters. The van der Waals surface area contributed by atoms with Crippen molar-refractivity contribution in [1.29, 1.82) is 0 Å². The van der Waals surface area contributed by atoms with E-state index in [-0.39, 0.29) is 17.2 Å². The van der Waals surface area contributed by atoms with Gasteiger partial charge in [0.15, 0.2) is 0 Å². The second-order valence-electron chi connectivity index (χ2n) is 6.07. The molecular weight excluding hydrogens is 318 g/mol. The van der Waals surface area contributed by atoms with E-state index in [1.807, 2.05) is 6.92 Å². The molecule has 1 amide bonds. The molecule has 2 rings (SSSR count). The van der Waals surface area contributed by atoms with Crippen molar-refractivity contribution >= 4 is 21.8 Å². The van der Waals surface area contributed by atoms with Crippen molar-refractivity contribution < 1.29 is 9.90 Å². The van der Waals surface area contributed by atoms with Crippen molar-refractivity contribution in [3.05, 3.63) is 29.3 Å². The van der Waals surface area contributed by atoms with Crippen LogP contribution in [0.1, 0.15) is 48.5 Å². The molecule has 1 aromatic rings. The average molecular weight is 340 g/mol. The number of hydrogen-bond acceptors (Lipinski definition) is 2. The molecule has 0 saturated heterocycles. The SMILES string of the molecule is Cc1cc(O)ccc1C(=O)NC1(CBr)CCCC(C)C1. The van der Waals surface area contributed by atoms with Crippen LogP contribution in [-0.4, -0.2) is 21.9 Å². The lowest BCUT2D eigenvalue weighted by molar-refractivity contribution is 0.0869. The first-order valence-corrected chi connectivity index (χ1v) is 8.26. The molecule has 0 aliphatic heterocycles. The summed E-state index contributed by atoms with van der Waals surface area (Å²) < 4.78 is 0. The second-order valence-corrected chi connectivity index (χ2v) is 6.63. The van der Waals surface area contributed by atoms with Gasteiger partial charge in [-0.3, -0.25) is 4.79 Å². The van der Waals surface area contributed by atoms with Crippen LogP contribution in [0.25, 0.3) is 0 Å². The Morgan fingerprint density at radius 3 is 2.90 bits per heavy atom. The maximum absolute atomic E-state index is 12.5. The number of amides is 1. The molecule has 0 radical (unpaired) electrons. The minimum Gasteiger partial charge on any atom is -0.508 e.